The van der Waals surface area contributed by atoms with Crippen molar-refractivity contribution in [2.24, 2.45) is 0 Å². The molecular formula is C16H13N3O2. The summed E-state index contributed by atoms with van der Waals surface area (Å²) in [6, 6.07) is 8.77. The van der Waals surface area contributed by atoms with E-state index in [2.05, 4.69) is 4.98 Å². The Hall–Kier alpha value is -2.69. The molecule has 2 amide bonds. The summed E-state index contributed by atoms with van der Waals surface area (Å²) < 4.78 is 0. The fraction of sp³-hybridized carbons (Fsp3) is 0.188. The summed E-state index contributed by atoms with van der Waals surface area (Å²) in [5.41, 5.74) is 9.28. The highest BCUT2D eigenvalue weighted by atomic mass is 16.2. The molecule has 1 aliphatic carbocycles. The average molecular weight is 279 g/mol. The summed E-state index contributed by atoms with van der Waals surface area (Å²) in [7, 11) is 0. The molecule has 5 nitrogen and oxygen atoms in total. The first-order valence-corrected chi connectivity index (χ1v) is 6.88. The maximum Gasteiger partial charge on any atom is 0.280 e. The molecule has 2 aromatic rings. The zero-order valence-corrected chi connectivity index (χ0v) is 11.2. The van der Waals surface area contributed by atoms with Crippen molar-refractivity contribution in [2.45, 2.75) is 18.9 Å². The van der Waals surface area contributed by atoms with Gasteiger partial charge in [-0.05, 0) is 48.2 Å². The minimum atomic E-state index is -0.301. The quantitative estimate of drug-likeness (QED) is 0.639. The third-order valence-corrected chi connectivity index (χ3v) is 4.20. The number of rotatable bonds is 1. The van der Waals surface area contributed by atoms with E-state index in [4.69, 9.17) is 5.73 Å². The number of benzene rings is 1. The fourth-order valence-corrected chi connectivity index (χ4v) is 3.25. The number of nitrogens with zero attached hydrogens (tertiary/aromatic N) is 2. The van der Waals surface area contributed by atoms with Crippen molar-refractivity contribution in [1.82, 2.24) is 9.88 Å². The number of anilines is 1. The molecule has 0 saturated heterocycles. The van der Waals surface area contributed by atoms with Crippen molar-refractivity contribution >= 4 is 17.5 Å². The minimum Gasteiger partial charge on any atom is -0.399 e. The Morgan fingerprint density at radius 3 is 2.86 bits per heavy atom. The second kappa shape index (κ2) is 4.15. The molecule has 0 radical (unpaired) electrons. The lowest BCUT2D eigenvalue weighted by molar-refractivity contribution is 0.0580. The largest absolute Gasteiger partial charge is 0.399 e. The van der Waals surface area contributed by atoms with Crippen LogP contribution in [0.15, 0.2) is 36.5 Å². The van der Waals surface area contributed by atoms with E-state index in [1.54, 1.807) is 12.1 Å². The Morgan fingerprint density at radius 1 is 1.19 bits per heavy atom. The van der Waals surface area contributed by atoms with Crippen LogP contribution in [-0.4, -0.2) is 21.7 Å². The van der Waals surface area contributed by atoms with Gasteiger partial charge >= 0.3 is 0 Å². The zero-order valence-electron chi connectivity index (χ0n) is 11.2. The molecule has 104 valence electrons. The summed E-state index contributed by atoms with van der Waals surface area (Å²) in [5.74, 6) is -0.553. The number of hydrogen-bond acceptors (Lipinski definition) is 4. The zero-order chi connectivity index (χ0) is 14.6. The highest BCUT2D eigenvalue weighted by molar-refractivity contribution is 6.20. The summed E-state index contributed by atoms with van der Waals surface area (Å²) in [4.78, 5) is 30.4. The van der Waals surface area contributed by atoms with Crippen LogP contribution in [0.4, 0.5) is 5.69 Å². The van der Waals surface area contributed by atoms with Crippen LogP contribution >= 0.6 is 0 Å². The summed E-state index contributed by atoms with van der Waals surface area (Å²) in [6.45, 7) is 0. The molecule has 0 bridgehead atoms. The lowest BCUT2D eigenvalue weighted by Crippen LogP contribution is -2.33. The minimum absolute atomic E-state index is 0.213. The molecule has 1 atom stereocenters. The molecule has 1 unspecified atom stereocenters. The number of aromatic nitrogens is 1. The van der Waals surface area contributed by atoms with Gasteiger partial charge in [0.1, 0.15) is 5.69 Å². The van der Waals surface area contributed by atoms with Crippen LogP contribution in [0.5, 0.6) is 0 Å². The summed E-state index contributed by atoms with van der Waals surface area (Å²) in [5, 5.41) is 0. The van der Waals surface area contributed by atoms with Crippen molar-refractivity contribution in [2.75, 3.05) is 5.73 Å². The van der Waals surface area contributed by atoms with E-state index >= 15 is 0 Å². The smallest absolute Gasteiger partial charge is 0.280 e. The Bertz CT molecular complexity index is 750. The van der Waals surface area contributed by atoms with Crippen LogP contribution in [0.2, 0.25) is 0 Å². The molecule has 0 fully saturated rings. The number of fused-ring (bicyclic) bond motifs is 2. The maximum absolute atomic E-state index is 12.5. The first kappa shape index (κ1) is 12.1. The van der Waals surface area contributed by atoms with E-state index < -0.39 is 0 Å². The van der Waals surface area contributed by atoms with E-state index in [1.165, 1.54) is 11.1 Å². The van der Waals surface area contributed by atoms with Gasteiger partial charge in [0.2, 0.25) is 0 Å². The normalized spacial score (nSPS) is 19.8. The van der Waals surface area contributed by atoms with Crippen LogP contribution in [0.25, 0.3) is 0 Å². The number of nitrogens with two attached hydrogens (primary N) is 1. The molecule has 21 heavy (non-hydrogen) atoms. The lowest BCUT2D eigenvalue weighted by Gasteiger charge is -2.22. The van der Waals surface area contributed by atoms with E-state index in [-0.39, 0.29) is 23.6 Å². The first-order chi connectivity index (χ1) is 10.2. The number of carbonyl (C=O) groups is 2. The third kappa shape index (κ3) is 1.60. The second-order valence-corrected chi connectivity index (χ2v) is 5.39. The van der Waals surface area contributed by atoms with Gasteiger partial charge in [0.05, 0.1) is 11.6 Å². The number of pyridine rings is 1. The van der Waals surface area contributed by atoms with E-state index in [0.29, 0.717) is 11.3 Å². The van der Waals surface area contributed by atoms with Crippen molar-refractivity contribution < 1.29 is 9.59 Å². The highest BCUT2D eigenvalue weighted by Crippen LogP contribution is 2.40. The van der Waals surface area contributed by atoms with Crippen molar-refractivity contribution in [1.29, 1.82) is 0 Å². The van der Waals surface area contributed by atoms with Crippen molar-refractivity contribution in [3.8, 4) is 0 Å². The molecule has 4 rings (SSSR count). The predicted molar refractivity (Wildman–Crippen MR) is 76.7 cm³/mol. The summed E-state index contributed by atoms with van der Waals surface area (Å²) in [6.07, 6.45) is 3.10. The molecule has 0 saturated carbocycles. The maximum atomic E-state index is 12.5. The average Bonchev–Trinajstić information content (AvgIpc) is 2.99. The number of aryl methyl sites for hydroxylation is 1. The van der Waals surface area contributed by atoms with Gasteiger partial charge in [-0.3, -0.25) is 19.5 Å². The fourth-order valence-electron chi connectivity index (χ4n) is 3.25. The lowest BCUT2D eigenvalue weighted by atomic mass is 10.1. The van der Waals surface area contributed by atoms with E-state index in [9.17, 15) is 9.59 Å². The summed E-state index contributed by atoms with van der Waals surface area (Å²) >= 11 is 0. The Labute approximate surface area is 121 Å². The van der Waals surface area contributed by atoms with Gasteiger partial charge in [0.15, 0.2) is 0 Å². The topological polar surface area (TPSA) is 76.3 Å². The van der Waals surface area contributed by atoms with Crippen molar-refractivity contribution in [3.05, 3.63) is 58.9 Å². The highest BCUT2D eigenvalue weighted by Gasteiger charge is 2.43. The Balaban J connectivity index is 1.78. The van der Waals surface area contributed by atoms with Crippen LogP contribution in [0, 0.1) is 0 Å². The Kier molecular flexibility index (Phi) is 2.39. The van der Waals surface area contributed by atoms with Gasteiger partial charge in [-0.2, -0.15) is 0 Å². The molecule has 1 aromatic heterocycles. The molecule has 1 aromatic carbocycles. The third-order valence-electron chi connectivity index (χ3n) is 4.20. The Morgan fingerprint density at radius 2 is 2.05 bits per heavy atom. The standard InChI is InChI=1S/C16H13N3O2/c17-10-4-5-11-9(8-10)3-6-13(11)19-15(20)12-2-1-7-18-14(12)16(19)21/h1-2,4-5,7-8,13H,3,6,17H2. The van der Waals surface area contributed by atoms with E-state index in [0.717, 1.165) is 24.0 Å². The van der Waals surface area contributed by atoms with Gasteiger partial charge in [-0.1, -0.05) is 6.07 Å². The molecule has 1 aliphatic heterocycles. The van der Waals surface area contributed by atoms with Gasteiger partial charge in [0.25, 0.3) is 11.8 Å². The van der Waals surface area contributed by atoms with Gasteiger partial charge in [-0.25, -0.2) is 0 Å². The number of imide groups is 1. The van der Waals surface area contributed by atoms with Crippen LogP contribution in [0.3, 0.4) is 0 Å². The van der Waals surface area contributed by atoms with Crippen molar-refractivity contribution in [3.63, 3.8) is 0 Å². The number of amides is 2. The van der Waals surface area contributed by atoms with Crippen LogP contribution in [-0.2, 0) is 6.42 Å². The predicted octanol–water partition coefficient (Wildman–Crippen LogP) is 1.95. The van der Waals surface area contributed by atoms with Crippen LogP contribution in [0.1, 0.15) is 44.4 Å². The van der Waals surface area contributed by atoms with E-state index in [1.807, 2.05) is 18.2 Å². The van der Waals surface area contributed by atoms with Crippen LogP contribution < -0.4 is 5.73 Å². The first-order valence-electron chi connectivity index (χ1n) is 6.88. The molecular weight excluding hydrogens is 266 g/mol. The van der Waals surface area contributed by atoms with Gasteiger partial charge in [-0.15, -0.1) is 0 Å². The number of hydrogen-bond donors (Lipinski definition) is 1. The molecule has 2 heterocycles. The van der Waals surface area contributed by atoms with Gasteiger partial charge < -0.3 is 5.73 Å². The monoisotopic (exact) mass is 279 g/mol. The molecule has 5 heteroatoms. The van der Waals surface area contributed by atoms with Gasteiger partial charge in [0, 0.05) is 11.9 Å². The SMILES string of the molecule is Nc1ccc2c(c1)CCC2N1C(=O)c2cccnc2C1=O. The number of nitrogen functional groups attached to an aromatic ring is 1. The second-order valence-electron chi connectivity index (χ2n) is 5.39. The molecule has 2 N–H and O–H groups in total. The molecule has 0 spiro atoms. The molecule has 2 aliphatic rings. The number of carbonyl (C=O) groups excluding carboxylic acids is 2.